The van der Waals surface area contributed by atoms with E-state index in [9.17, 15) is 24.0 Å². The van der Waals surface area contributed by atoms with E-state index in [0.29, 0.717) is 0 Å². The van der Waals surface area contributed by atoms with Crippen molar-refractivity contribution >= 4 is 29.6 Å². The second-order valence-electron chi connectivity index (χ2n) is 15.7. The highest BCUT2D eigenvalue weighted by molar-refractivity contribution is 5.82. The summed E-state index contributed by atoms with van der Waals surface area (Å²) in [6.45, 7) is 13.8. The van der Waals surface area contributed by atoms with E-state index in [4.69, 9.17) is 42.6 Å². The van der Waals surface area contributed by atoms with E-state index in [1.54, 1.807) is 48.5 Å². The summed E-state index contributed by atoms with van der Waals surface area (Å²) in [5, 5.41) is 11.0. The van der Waals surface area contributed by atoms with Crippen molar-refractivity contribution in [2.75, 3.05) is 33.9 Å². The molecule has 10 unspecified atom stereocenters. The second kappa shape index (κ2) is 17.7. The first-order chi connectivity index (χ1) is 24.7. The maximum absolute atomic E-state index is 13.3. The number of methoxy groups -OCH3 is 2. The van der Waals surface area contributed by atoms with Gasteiger partial charge in [-0.3, -0.25) is 19.2 Å². The minimum absolute atomic E-state index is 0.0149. The fourth-order valence-corrected chi connectivity index (χ4v) is 6.89. The van der Waals surface area contributed by atoms with Crippen LogP contribution >= 0.6 is 0 Å². The Bertz CT molecular complexity index is 1320. The van der Waals surface area contributed by atoms with E-state index >= 15 is 0 Å². The molecule has 0 aromatic carbocycles. The van der Waals surface area contributed by atoms with Gasteiger partial charge in [0.1, 0.15) is 41.9 Å². The van der Waals surface area contributed by atoms with Crippen molar-refractivity contribution in [3.8, 4) is 0 Å². The molecule has 4 rings (SSSR count). The molecule has 0 saturated carbocycles. The predicted octanol–water partition coefficient (Wildman–Crippen LogP) is 0.777. The summed E-state index contributed by atoms with van der Waals surface area (Å²) in [7, 11) is 2.99. The van der Waals surface area contributed by atoms with Crippen molar-refractivity contribution in [2.45, 2.75) is 153 Å². The van der Waals surface area contributed by atoms with E-state index in [1.807, 2.05) is 0 Å². The third-order valence-corrected chi connectivity index (χ3v) is 9.04. The summed E-state index contributed by atoms with van der Waals surface area (Å²) in [5.74, 6) is -3.73. The predicted molar refractivity (Wildman–Crippen MR) is 184 cm³/mol. The highest BCUT2D eigenvalue weighted by Gasteiger charge is 2.58. The zero-order chi connectivity index (χ0) is 39.3. The number of hydrogen-bond donors (Lipinski definition) is 4. The molecular weight excluding hydrogens is 700 g/mol. The van der Waals surface area contributed by atoms with Crippen LogP contribution in [0.1, 0.15) is 81.1 Å². The van der Waals surface area contributed by atoms with Crippen molar-refractivity contribution in [1.82, 2.24) is 21.3 Å². The van der Waals surface area contributed by atoms with Gasteiger partial charge in [0.05, 0.1) is 12.1 Å². The Morgan fingerprint density at radius 3 is 1.74 bits per heavy atom. The van der Waals surface area contributed by atoms with E-state index in [2.05, 4.69) is 21.3 Å². The normalized spacial score (nSPS) is 30.8. The minimum atomic E-state index is -0.908. The fraction of sp³-hybridized carbons (Fsp3) is 0.857. The van der Waals surface area contributed by atoms with Crippen LogP contribution in [0, 0.1) is 5.92 Å². The van der Waals surface area contributed by atoms with Crippen LogP contribution in [0.15, 0.2) is 0 Å². The highest BCUT2D eigenvalue weighted by atomic mass is 16.9. The number of ether oxygens (including phenoxy) is 9. The zero-order valence-corrected chi connectivity index (χ0v) is 32.4. The first-order valence-corrected chi connectivity index (χ1v) is 18.1. The van der Waals surface area contributed by atoms with Gasteiger partial charge in [-0.1, -0.05) is 0 Å². The molecule has 4 N–H and O–H groups in total. The Kier molecular flexibility index (Phi) is 14.3. The Hall–Kier alpha value is -2.97. The van der Waals surface area contributed by atoms with Crippen LogP contribution in [-0.4, -0.2) is 136 Å². The topological polar surface area (TPSA) is 217 Å². The molecule has 0 aliphatic carbocycles. The van der Waals surface area contributed by atoms with Crippen molar-refractivity contribution in [3.63, 3.8) is 0 Å². The zero-order valence-electron chi connectivity index (χ0n) is 32.4. The average molecular weight is 759 g/mol. The first kappa shape index (κ1) is 42.8. The first-order valence-electron chi connectivity index (χ1n) is 18.1. The summed E-state index contributed by atoms with van der Waals surface area (Å²) in [5.41, 5.74) is -0.731. The number of rotatable bonds is 17. The molecule has 4 heterocycles. The molecule has 0 aromatic heterocycles. The standard InChI is InChI=1S/C35H58N4O14/c1-18(40)11-13-36-23(43)16-20(25-27(46-10)29-31(48-25)52-35(7,8)50-29)39-21(41)12-14-37-22(42)15-19(17-38-32(44)53-33(2,3)4)24-26(45-9)28-30(47-24)51-34(5,6)49-28/h19-20,24-31H,11-17H2,1-10H3,(H,36,43)(H,37,42)(H,38,44)(H,39,41). The van der Waals surface area contributed by atoms with Gasteiger partial charge >= 0.3 is 6.09 Å². The number of alkyl carbamates (subject to hydrolysis) is 1. The molecule has 4 saturated heterocycles. The molecular formula is C35H58N4O14. The minimum Gasteiger partial charge on any atom is -0.444 e. The van der Waals surface area contributed by atoms with Gasteiger partial charge < -0.3 is 63.9 Å². The SMILES string of the molecule is COC1C(C(CNC(=O)OC(C)(C)C)CC(=O)NCCC(=O)NC(CC(=O)NCCC(C)=O)C2OC3OC(C)(C)OC3C2OC)OC2OC(C)(C)OC21. The van der Waals surface area contributed by atoms with E-state index in [0.717, 1.165) is 0 Å². The summed E-state index contributed by atoms with van der Waals surface area (Å²) >= 11 is 0. The van der Waals surface area contributed by atoms with E-state index in [1.165, 1.54) is 21.1 Å². The molecule has 18 heteroatoms. The second-order valence-corrected chi connectivity index (χ2v) is 15.7. The van der Waals surface area contributed by atoms with Crippen molar-refractivity contribution in [1.29, 1.82) is 0 Å². The molecule has 4 fully saturated rings. The maximum atomic E-state index is 13.3. The molecule has 53 heavy (non-hydrogen) atoms. The van der Waals surface area contributed by atoms with Gasteiger partial charge in [-0.05, 0) is 55.4 Å². The molecule has 4 aliphatic heterocycles. The molecule has 18 nitrogen and oxygen atoms in total. The van der Waals surface area contributed by atoms with Gasteiger partial charge in [-0.25, -0.2) is 4.79 Å². The lowest BCUT2D eigenvalue weighted by Gasteiger charge is -2.31. The van der Waals surface area contributed by atoms with E-state index in [-0.39, 0.29) is 51.1 Å². The van der Waals surface area contributed by atoms with Crippen molar-refractivity contribution in [3.05, 3.63) is 0 Å². The lowest BCUT2D eigenvalue weighted by Crippen LogP contribution is -2.52. The van der Waals surface area contributed by atoms with E-state index < -0.39 is 102 Å². The summed E-state index contributed by atoms with van der Waals surface area (Å²) in [6.07, 6.45) is -6.30. The Balaban J connectivity index is 1.36. The molecule has 302 valence electrons. The van der Waals surface area contributed by atoms with Gasteiger partial charge in [0.15, 0.2) is 24.2 Å². The number of fused-ring (bicyclic) bond motifs is 2. The quantitative estimate of drug-likeness (QED) is 0.161. The third-order valence-electron chi connectivity index (χ3n) is 9.04. The van der Waals surface area contributed by atoms with Crippen LogP contribution in [0.3, 0.4) is 0 Å². The van der Waals surface area contributed by atoms with Gasteiger partial charge in [-0.2, -0.15) is 0 Å². The molecule has 4 aliphatic rings. The molecule has 0 radical (unpaired) electrons. The molecule has 10 atom stereocenters. The molecule has 4 amide bonds. The summed E-state index contributed by atoms with van der Waals surface area (Å²) in [6, 6.07) is -0.857. The Morgan fingerprint density at radius 1 is 0.698 bits per heavy atom. The third kappa shape index (κ3) is 12.0. The lowest BCUT2D eigenvalue weighted by atomic mass is 9.93. The summed E-state index contributed by atoms with van der Waals surface area (Å²) in [4.78, 5) is 63.3. The number of nitrogens with one attached hydrogen (secondary N) is 4. The Labute approximate surface area is 310 Å². The van der Waals surface area contributed by atoms with Crippen LogP contribution in [0.5, 0.6) is 0 Å². The van der Waals surface area contributed by atoms with Crippen molar-refractivity contribution < 1.29 is 66.6 Å². The number of carbonyl (C=O) groups is 5. The molecule has 0 bridgehead atoms. The average Bonchev–Trinajstić information content (AvgIpc) is 3.71. The van der Waals surface area contributed by atoms with Crippen LogP contribution in [0.2, 0.25) is 0 Å². The van der Waals surface area contributed by atoms with Crippen LogP contribution in [0.4, 0.5) is 4.79 Å². The van der Waals surface area contributed by atoms with Gasteiger partial charge in [0.25, 0.3) is 0 Å². The number of hydrogen-bond acceptors (Lipinski definition) is 14. The Morgan fingerprint density at radius 2 is 1.21 bits per heavy atom. The van der Waals surface area contributed by atoms with Crippen LogP contribution < -0.4 is 21.3 Å². The monoisotopic (exact) mass is 758 g/mol. The molecule has 0 spiro atoms. The summed E-state index contributed by atoms with van der Waals surface area (Å²) < 4.78 is 52.9. The van der Waals surface area contributed by atoms with Gasteiger partial charge in [-0.15, -0.1) is 0 Å². The number of ketones is 1. The largest absolute Gasteiger partial charge is 0.444 e. The van der Waals surface area contributed by atoms with Crippen LogP contribution in [0.25, 0.3) is 0 Å². The number of carbonyl (C=O) groups excluding carboxylic acids is 5. The maximum Gasteiger partial charge on any atom is 0.407 e. The fourth-order valence-electron chi connectivity index (χ4n) is 6.89. The van der Waals surface area contributed by atoms with Gasteiger partial charge in [0.2, 0.25) is 17.7 Å². The van der Waals surface area contributed by atoms with Gasteiger partial charge in [0, 0.05) is 65.5 Å². The highest BCUT2D eigenvalue weighted by Crippen LogP contribution is 2.42. The number of amides is 4. The smallest absolute Gasteiger partial charge is 0.407 e. The lowest BCUT2D eigenvalue weighted by molar-refractivity contribution is -0.222. The molecule has 0 aromatic rings. The van der Waals surface area contributed by atoms with Crippen molar-refractivity contribution in [2.24, 2.45) is 5.92 Å². The van der Waals surface area contributed by atoms with Crippen LogP contribution in [-0.2, 0) is 61.8 Å². The number of Topliss-reactive ketones (excluding diaryl/α,β-unsaturated/α-hetero) is 1.